The number of carbonyl (C=O) groups is 2. The Labute approximate surface area is 112 Å². The Morgan fingerprint density at radius 2 is 2.26 bits per heavy atom. The summed E-state index contributed by atoms with van der Waals surface area (Å²) in [5, 5.41) is 20.4. The minimum atomic E-state index is -1.35. The monoisotopic (exact) mass is 269 g/mol. The van der Waals surface area contributed by atoms with E-state index in [4.69, 9.17) is 10.00 Å². The molecule has 1 aliphatic heterocycles. The quantitative estimate of drug-likeness (QED) is 0.759. The maximum absolute atomic E-state index is 12.1. The van der Waals surface area contributed by atoms with Gasteiger partial charge in [-0.1, -0.05) is 0 Å². The number of hydrogen-bond acceptors (Lipinski definition) is 4. The highest BCUT2D eigenvalue weighted by Gasteiger charge is 2.44. The van der Waals surface area contributed by atoms with Gasteiger partial charge in [0.15, 0.2) is 5.54 Å². The van der Waals surface area contributed by atoms with Gasteiger partial charge in [-0.05, 0) is 13.8 Å². The van der Waals surface area contributed by atoms with Gasteiger partial charge in [-0.3, -0.25) is 0 Å². The van der Waals surface area contributed by atoms with Crippen LogP contribution < -0.4 is 5.32 Å². The third-order valence-electron chi connectivity index (χ3n) is 3.13. The highest BCUT2D eigenvalue weighted by Crippen LogP contribution is 2.19. The molecule has 1 saturated heterocycles. The van der Waals surface area contributed by atoms with Gasteiger partial charge in [0.05, 0.1) is 19.1 Å². The zero-order valence-electron chi connectivity index (χ0n) is 11.2. The van der Waals surface area contributed by atoms with Gasteiger partial charge < -0.3 is 20.1 Å². The van der Waals surface area contributed by atoms with Gasteiger partial charge in [-0.25, -0.2) is 9.59 Å². The minimum absolute atomic E-state index is 0.0295. The first-order valence-corrected chi connectivity index (χ1v) is 6.20. The van der Waals surface area contributed by atoms with Crippen molar-refractivity contribution >= 4 is 12.0 Å². The SMILES string of the molecule is CC(C)N(CCC#N)C(=O)NC1(C(=O)O)CCOC1. The van der Waals surface area contributed by atoms with E-state index in [2.05, 4.69) is 5.32 Å². The number of nitrogens with one attached hydrogen (secondary N) is 1. The van der Waals surface area contributed by atoms with Crippen molar-refractivity contribution in [2.45, 2.75) is 38.3 Å². The number of carboxylic acid groups (broad SMARTS) is 1. The Balaban J connectivity index is 2.75. The second-order valence-electron chi connectivity index (χ2n) is 4.82. The lowest BCUT2D eigenvalue weighted by Gasteiger charge is -2.31. The molecule has 0 bridgehead atoms. The minimum Gasteiger partial charge on any atom is -0.479 e. The van der Waals surface area contributed by atoms with Crippen LogP contribution in [0.4, 0.5) is 4.79 Å². The average molecular weight is 269 g/mol. The predicted octanol–water partition coefficient (Wildman–Crippen LogP) is 0.564. The van der Waals surface area contributed by atoms with Crippen molar-refractivity contribution in [2.75, 3.05) is 19.8 Å². The number of nitriles is 1. The first-order valence-electron chi connectivity index (χ1n) is 6.20. The summed E-state index contributed by atoms with van der Waals surface area (Å²) in [5.41, 5.74) is -1.35. The molecule has 1 unspecified atom stereocenters. The van der Waals surface area contributed by atoms with Crippen molar-refractivity contribution in [1.29, 1.82) is 5.26 Å². The number of carbonyl (C=O) groups excluding carboxylic acids is 1. The van der Waals surface area contributed by atoms with E-state index in [1.54, 1.807) is 0 Å². The summed E-state index contributed by atoms with van der Waals surface area (Å²) in [6.45, 7) is 4.19. The second kappa shape index (κ2) is 6.38. The molecule has 0 aromatic carbocycles. The average Bonchev–Trinajstić information content (AvgIpc) is 2.79. The van der Waals surface area contributed by atoms with Crippen molar-refractivity contribution in [1.82, 2.24) is 10.2 Å². The molecule has 0 aromatic rings. The van der Waals surface area contributed by atoms with Gasteiger partial charge in [0, 0.05) is 25.6 Å². The lowest BCUT2D eigenvalue weighted by Crippen LogP contribution is -2.59. The van der Waals surface area contributed by atoms with Crippen LogP contribution in [-0.4, -0.2) is 53.3 Å². The molecule has 1 aliphatic rings. The second-order valence-corrected chi connectivity index (χ2v) is 4.82. The Hall–Kier alpha value is -1.81. The largest absolute Gasteiger partial charge is 0.479 e. The van der Waals surface area contributed by atoms with Crippen LogP contribution >= 0.6 is 0 Å². The van der Waals surface area contributed by atoms with E-state index in [9.17, 15) is 14.7 Å². The standard InChI is InChI=1S/C12H19N3O4/c1-9(2)15(6-3-5-13)11(18)14-12(10(16)17)4-7-19-8-12/h9H,3-4,6-8H2,1-2H3,(H,14,18)(H,16,17). The number of rotatable bonds is 5. The number of nitrogens with zero attached hydrogens (tertiary/aromatic N) is 2. The summed E-state index contributed by atoms with van der Waals surface area (Å²) in [7, 11) is 0. The van der Waals surface area contributed by atoms with Crippen molar-refractivity contribution in [2.24, 2.45) is 0 Å². The molecule has 1 rings (SSSR count). The molecule has 7 heteroatoms. The third-order valence-corrected chi connectivity index (χ3v) is 3.13. The van der Waals surface area contributed by atoms with Crippen molar-refractivity contribution in [3.63, 3.8) is 0 Å². The van der Waals surface area contributed by atoms with Crippen LogP contribution in [0.3, 0.4) is 0 Å². The number of ether oxygens (including phenoxy) is 1. The number of amides is 2. The predicted molar refractivity (Wildman–Crippen MR) is 66.4 cm³/mol. The molecular weight excluding hydrogens is 250 g/mol. The summed E-state index contributed by atoms with van der Waals surface area (Å²) in [5.74, 6) is -1.10. The van der Waals surface area contributed by atoms with E-state index in [-0.39, 0.29) is 32.0 Å². The van der Waals surface area contributed by atoms with Gasteiger partial charge in [-0.2, -0.15) is 5.26 Å². The van der Waals surface area contributed by atoms with Crippen molar-refractivity contribution < 1.29 is 19.4 Å². The molecule has 7 nitrogen and oxygen atoms in total. The Bertz CT molecular complexity index is 383. The van der Waals surface area contributed by atoms with E-state index in [0.717, 1.165) is 0 Å². The van der Waals surface area contributed by atoms with Crippen LogP contribution in [0.5, 0.6) is 0 Å². The molecule has 19 heavy (non-hydrogen) atoms. The number of urea groups is 1. The Morgan fingerprint density at radius 1 is 1.58 bits per heavy atom. The van der Waals surface area contributed by atoms with Gasteiger partial charge in [0.2, 0.25) is 0 Å². The van der Waals surface area contributed by atoms with Crippen LogP contribution in [0.2, 0.25) is 0 Å². The molecule has 0 radical (unpaired) electrons. The molecule has 0 saturated carbocycles. The maximum atomic E-state index is 12.1. The number of carboxylic acids is 1. The molecule has 1 heterocycles. The Kier molecular flexibility index (Phi) is 5.12. The lowest BCUT2D eigenvalue weighted by atomic mass is 9.99. The third kappa shape index (κ3) is 3.58. The van der Waals surface area contributed by atoms with Gasteiger partial charge in [0.25, 0.3) is 0 Å². The van der Waals surface area contributed by atoms with Crippen LogP contribution in [0.15, 0.2) is 0 Å². The Morgan fingerprint density at radius 3 is 2.68 bits per heavy atom. The zero-order valence-corrected chi connectivity index (χ0v) is 11.2. The first kappa shape index (κ1) is 15.2. The van der Waals surface area contributed by atoms with E-state index in [0.29, 0.717) is 6.61 Å². The first-order chi connectivity index (χ1) is 8.93. The van der Waals surface area contributed by atoms with Crippen molar-refractivity contribution in [3.05, 3.63) is 0 Å². The van der Waals surface area contributed by atoms with Gasteiger partial charge >= 0.3 is 12.0 Å². The van der Waals surface area contributed by atoms with Crippen LogP contribution in [0.25, 0.3) is 0 Å². The molecule has 0 aliphatic carbocycles. The van der Waals surface area contributed by atoms with E-state index in [1.807, 2.05) is 19.9 Å². The highest BCUT2D eigenvalue weighted by atomic mass is 16.5. The van der Waals surface area contributed by atoms with Crippen LogP contribution in [0, 0.1) is 11.3 Å². The summed E-state index contributed by atoms with van der Waals surface area (Å²) in [6, 6.07) is 1.39. The summed E-state index contributed by atoms with van der Waals surface area (Å²) in [4.78, 5) is 24.9. The summed E-state index contributed by atoms with van der Waals surface area (Å²) >= 11 is 0. The number of aliphatic carboxylic acids is 1. The fourth-order valence-corrected chi connectivity index (χ4v) is 1.93. The molecular formula is C12H19N3O4. The molecule has 1 atom stereocenters. The zero-order chi connectivity index (χ0) is 14.5. The van der Waals surface area contributed by atoms with Crippen LogP contribution in [-0.2, 0) is 9.53 Å². The molecule has 106 valence electrons. The van der Waals surface area contributed by atoms with E-state index >= 15 is 0 Å². The topological polar surface area (TPSA) is 103 Å². The molecule has 2 N–H and O–H groups in total. The summed E-state index contributed by atoms with van der Waals surface area (Å²) < 4.78 is 5.08. The maximum Gasteiger partial charge on any atom is 0.332 e. The molecule has 1 fully saturated rings. The fourth-order valence-electron chi connectivity index (χ4n) is 1.93. The van der Waals surface area contributed by atoms with E-state index in [1.165, 1.54) is 4.90 Å². The van der Waals surface area contributed by atoms with E-state index < -0.39 is 17.5 Å². The van der Waals surface area contributed by atoms with Crippen molar-refractivity contribution in [3.8, 4) is 6.07 Å². The molecule has 0 aromatic heterocycles. The molecule has 0 spiro atoms. The fraction of sp³-hybridized carbons (Fsp3) is 0.750. The summed E-state index contributed by atoms with van der Waals surface area (Å²) in [6.07, 6.45) is 0.459. The highest BCUT2D eigenvalue weighted by molar-refractivity contribution is 5.86. The van der Waals surface area contributed by atoms with Crippen LogP contribution in [0.1, 0.15) is 26.7 Å². The normalized spacial score (nSPS) is 22.0. The smallest absolute Gasteiger partial charge is 0.332 e. The lowest BCUT2D eigenvalue weighted by molar-refractivity contribution is -0.144. The van der Waals surface area contributed by atoms with Gasteiger partial charge in [0.1, 0.15) is 0 Å². The van der Waals surface area contributed by atoms with Gasteiger partial charge in [-0.15, -0.1) is 0 Å². The number of hydrogen-bond donors (Lipinski definition) is 2. The molecule has 2 amide bonds.